The van der Waals surface area contributed by atoms with E-state index in [2.05, 4.69) is 229 Å². The van der Waals surface area contributed by atoms with Gasteiger partial charge in [0.05, 0.1) is 22.4 Å². The molecule has 8 aromatic carbocycles. The van der Waals surface area contributed by atoms with Crippen molar-refractivity contribution in [2.75, 3.05) is 0 Å². The second kappa shape index (κ2) is 13.0. The van der Waals surface area contributed by atoms with E-state index in [4.69, 9.17) is 0 Å². The summed E-state index contributed by atoms with van der Waals surface area (Å²) in [5, 5.41) is 2.43. The first-order chi connectivity index (χ1) is 28.1. The molecule has 2 heteroatoms. The van der Waals surface area contributed by atoms with Crippen LogP contribution in [0.25, 0.3) is 89.1 Å². The lowest BCUT2D eigenvalue weighted by Gasteiger charge is -2.23. The van der Waals surface area contributed by atoms with E-state index in [1.54, 1.807) is 0 Å². The lowest BCUT2D eigenvalue weighted by atomic mass is 9.82. The standard InChI is InChI=1S/C55H40N2/c1-55(2)47-27-15-12-24-43(47)44-35-34-42(36-48(44)55)57-49-28-16-13-25-45(49)51(39-32-30-38(31-33-39)37-18-6-3-7-19-37)54(57)52-46-26-14-17-29-50(46)56(41-22-10-5-11-23-41)53(52)40-20-8-4-9-21-40/h3-36H,1-2H3. The maximum Gasteiger partial charge on any atom is 0.0647 e. The first-order valence-electron chi connectivity index (χ1n) is 19.9. The smallest absolute Gasteiger partial charge is 0.0647 e. The second-order valence-electron chi connectivity index (χ2n) is 15.7. The molecule has 270 valence electrons. The number of hydrogen-bond acceptors (Lipinski definition) is 0. The molecule has 0 saturated heterocycles. The Labute approximate surface area is 333 Å². The highest BCUT2D eigenvalue weighted by Crippen LogP contribution is 2.53. The van der Waals surface area contributed by atoms with Crippen LogP contribution in [0.15, 0.2) is 206 Å². The summed E-state index contributed by atoms with van der Waals surface area (Å²) >= 11 is 0. The van der Waals surface area contributed by atoms with Gasteiger partial charge in [0.1, 0.15) is 0 Å². The van der Waals surface area contributed by atoms with Crippen molar-refractivity contribution in [1.29, 1.82) is 0 Å². The van der Waals surface area contributed by atoms with Gasteiger partial charge in [-0.1, -0.05) is 184 Å². The normalized spacial score (nSPS) is 12.9. The van der Waals surface area contributed by atoms with Crippen LogP contribution >= 0.6 is 0 Å². The van der Waals surface area contributed by atoms with Crippen LogP contribution < -0.4 is 0 Å². The number of hydrogen-bond donors (Lipinski definition) is 0. The fourth-order valence-electron chi connectivity index (χ4n) is 9.52. The lowest BCUT2D eigenvalue weighted by Crippen LogP contribution is -2.15. The molecule has 11 rings (SSSR count). The summed E-state index contributed by atoms with van der Waals surface area (Å²) in [5.41, 5.74) is 19.4. The van der Waals surface area contributed by atoms with Crippen LogP contribution in [-0.4, -0.2) is 9.13 Å². The summed E-state index contributed by atoms with van der Waals surface area (Å²) in [7, 11) is 0. The fraction of sp³-hybridized carbons (Fsp3) is 0.0545. The van der Waals surface area contributed by atoms with Crippen LogP contribution in [0.4, 0.5) is 0 Å². The number of rotatable bonds is 6. The Morgan fingerprint density at radius 1 is 0.333 bits per heavy atom. The highest BCUT2D eigenvalue weighted by Gasteiger charge is 2.36. The number of fused-ring (bicyclic) bond motifs is 5. The third-order valence-electron chi connectivity index (χ3n) is 12.2. The molecule has 0 bridgehead atoms. The lowest BCUT2D eigenvalue weighted by molar-refractivity contribution is 0.660. The van der Waals surface area contributed by atoms with E-state index in [9.17, 15) is 0 Å². The predicted octanol–water partition coefficient (Wildman–Crippen LogP) is 14.5. The van der Waals surface area contributed by atoms with Gasteiger partial charge in [-0.2, -0.15) is 0 Å². The van der Waals surface area contributed by atoms with Crippen molar-refractivity contribution in [1.82, 2.24) is 9.13 Å². The minimum atomic E-state index is -0.139. The predicted molar refractivity (Wildman–Crippen MR) is 239 cm³/mol. The average Bonchev–Trinajstić information content (AvgIpc) is 3.88. The number of nitrogens with zero attached hydrogens (tertiary/aromatic N) is 2. The Morgan fingerprint density at radius 2 is 0.825 bits per heavy atom. The average molecular weight is 729 g/mol. The molecule has 0 radical (unpaired) electrons. The molecule has 1 aliphatic rings. The van der Waals surface area contributed by atoms with Gasteiger partial charge in [0.15, 0.2) is 0 Å². The number of aromatic nitrogens is 2. The summed E-state index contributed by atoms with van der Waals surface area (Å²) in [6.45, 7) is 4.74. The molecule has 2 aromatic heterocycles. The van der Waals surface area contributed by atoms with E-state index in [0.717, 1.165) is 11.4 Å². The maximum absolute atomic E-state index is 2.55. The molecule has 0 fully saturated rings. The largest absolute Gasteiger partial charge is 0.309 e. The molecule has 2 heterocycles. The number of para-hydroxylation sites is 3. The molecular weight excluding hydrogens is 689 g/mol. The molecule has 0 aliphatic heterocycles. The Bertz CT molecular complexity index is 3110. The van der Waals surface area contributed by atoms with Gasteiger partial charge < -0.3 is 9.13 Å². The van der Waals surface area contributed by atoms with Crippen molar-refractivity contribution < 1.29 is 0 Å². The van der Waals surface area contributed by atoms with Crippen molar-refractivity contribution in [3.8, 4) is 67.3 Å². The van der Waals surface area contributed by atoms with E-state index >= 15 is 0 Å². The molecule has 0 N–H and O–H groups in total. The SMILES string of the molecule is CC1(C)c2ccccc2-c2ccc(-n3c(-c4c(-c5ccccc5)n(-c5ccccc5)c5ccccc45)c(-c4ccc(-c5ccccc5)cc4)c4ccccc43)cc21. The van der Waals surface area contributed by atoms with Gasteiger partial charge in [-0.3, -0.25) is 0 Å². The van der Waals surface area contributed by atoms with Gasteiger partial charge in [-0.05, 0) is 80.9 Å². The van der Waals surface area contributed by atoms with E-state index in [0.29, 0.717) is 0 Å². The van der Waals surface area contributed by atoms with Crippen molar-refractivity contribution in [2.24, 2.45) is 0 Å². The van der Waals surface area contributed by atoms with Crippen LogP contribution in [0.3, 0.4) is 0 Å². The third kappa shape index (κ3) is 5.11. The molecule has 2 nitrogen and oxygen atoms in total. The highest BCUT2D eigenvalue weighted by molar-refractivity contribution is 6.14. The molecule has 57 heavy (non-hydrogen) atoms. The summed E-state index contributed by atoms with van der Waals surface area (Å²) in [6.07, 6.45) is 0. The molecular formula is C55H40N2. The Kier molecular flexibility index (Phi) is 7.55. The molecule has 0 saturated carbocycles. The van der Waals surface area contributed by atoms with Gasteiger partial charge in [0.25, 0.3) is 0 Å². The summed E-state index contributed by atoms with van der Waals surface area (Å²) in [4.78, 5) is 0. The van der Waals surface area contributed by atoms with E-state index in [-0.39, 0.29) is 5.41 Å². The van der Waals surface area contributed by atoms with Crippen LogP contribution in [0.5, 0.6) is 0 Å². The van der Waals surface area contributed by atoms with E-state index in [1.165, 1.54) is 88.8 Å². The number of benzene rings is 8. The van der Waals surface area contributed by atoms with Crippen molar-refractivity contribution >= 4 is 21.8 Å². The van der Waals surface area contributed by atoms with E-state index < -0.39 is 0 Å². The molecule has 0 atom stereocenters. The van der Waals surface area contributed by atoms with E-state index in [1.807, 2.05) is 0 Å². The quantitative estimate of drug-likeness (QED) is 0.161. The van der Waals surface area contributed by atoms with Gasteiger partial charge in [-0.15, -0.1) is 0 Å². The zero-order chi connectivity index (χ0) is 38.1. The first kappa shape index (κ1) is 33.2. The Balaban J connectivity index is 1.29. The maximum atomic E-state index is 2.55. The van der Waals surface area contributed by atoms with Gasteiger partial charge >= 0.3 is 0 Å². The molecule has 10 aromatic rings. The molecule has 0 amide bonds. The zero-order valence-electron chi connectivity index (χ0n) is 32.0. The van der Waals surface area contributed by atoms with Crippen molar-refractivity contribution in [2.45, 2.75) is 19.3 Å². The summed E-state index contributed by atoms with van der Waals surface area (Å²) in [5.74, 6) is 0. The van der Waals surface area contributed by atoms with Crippen LogP contribution in [0.1, 0.15) is 25.0 Å². The van der Waals surface area contributed by atoms with Crippen LogP contribution in [0, 0.1) is 0 Å². The highest BCUT2D eigenvalue weighted by atomic mass is 15.0. The minimum absolute atomic E-state index is 0.139. The second-order valence-corrected chi connectivity index (χ2v) is 15.7. The zero-order valence-corrected chi connectivity index (χ0v) is 32.0. The topological polar surface area (TPSA) is 9.86 Å². The third-order valence-corrected chi connectivity index (χ3v) is 12.2. The van der Waals surface area contributed by atoms with Crippen LogP contribution in [0.2, 0.25) is 0 Å². The summed E-state index contributed by atoms with van der Waals surface area (Å²) < 4.78 is 5.02. The monoisotopic (exact) mass is 728 g/mol. The molecule has 0 spiro atoms. The Hall–Kier alpha value is -7.16. The first-order valence-corrected chi connectivity index (χ1v) is 19.9. The van der Waals surface area contributed by atoms with Crippen LogP contribution in [-0.2, 0) is 5.41 Å². The fourth-order valence-corrected chi connectivity index (χ4v) is 9.52. The summed E-state index contributed by atoms with van der Waals surface area (Å²) in [6, 6.07) is 75.6. The molecule has 0 unspecified atom stereocenters. The van der Waals surface area contributed by atoms with Crippen molar-refractivity contribution in [3.05, 3.63) is 217 Å². The van der Waals surface area contributed by atoms with Gasteiger partial charge in [0.2, 0.25) is 0 Å². The molecule has 1 aliphatic carbocycles. The Morgan fingerprint density at radius 3 is 1.51 bits per heavy atom. The minimum Gasteiger partial charge on any atom is -0.309 e. The van der Waals surface area contributed by atoms with Gasteiger partial charge in [-0.25, -0.2) is 0 Å². The van der Waals surface area contributed by atoms with Gasteiger partial charge in [0, 0.05) is 38.7 Å². The van der Waals surface area contributed by atoms with Crippen molar-refractivity contribution in [3.63, 3.8) is 0 Å².